The summed E-state index contributed by atoms with van der Waals surface area (Å²) >= 11 is 0. The molecule has 5 N–H and O–H groups in total. The van der Waals surface area contributed by atoms with Crippen molar-refractivity contribution < 1.29 is 15.3 Å². The van der Waals surface area contributed by atoms with E-state index in [-0.39, 0.29) is 19.8 Å². The molecule has 5 heteroatoms. The van der Waals surface area contributed by atoms with E-state index in [9.17, 15) is 0 Å². The minimum absolute atomic E-state index is 0.0694. The lowest BCUT2D eigenvalue weighted by Crippen LogP contribution is -2.32. The van der Waals surface area contributed by atoms with Crippen LogP contribution in [0.25, 0.3) is 0 Å². The van der Waals surface area contributed by atoms with E-state index in [4.69, 9.17) is 21.1 Å². The lowest BCUT2D eigenvalue weighted by molar-refractivity contribution is 0.136. The van der Waals surface area contributed by atoms with Crippen LogP contribution in [0.4, 0.5) is 0 Å². The summed E-state index contributed by atoms with van der Waals surface area (Å²) in [5, 5.41) is 25.5. The number of nitrogens with zero attached hydrogens (tertiary/aromatic N) is 1. The summed E-state index contributed by atoms with van der Waals surface area (Å²) in [6.45, 7) is 4.92. The molecule has 178 valence electrons. The summed E-state index contributed by atoms with van der Waals surface area (Å²) in [6, 6.07) is 0. The standard InChI is InChI=1S/C18H39N.C6H15NO3/c1-2-3-4-5-6-7-8-9-10-11-12-13-14-15-16-17-18-19;8-4-1-7(2-5-9)3-6-10/h2-19H2,1H3;8-10H,1-6H2. The van der Waals surface area contributed by atoms with Crippen molar-refractivity contribution in [1.82, 2.24) is 4.90 Å². The maximum Gasteiger partial charge on any atom is 0.0558 e. The molecule has 0 aliphatic heterocycles. The maximum absolute atomic E-state index is 8.48. The zero-order valence-corrected chi connectivity index (χ0v) is 19.6. The number of aliphatic hydroxyl groups excluding tert-OH is 3. The second-order valence-corrected chi connectivity index (χ2v) is 8.10. The molecule has 0 radical (unpaired) electrons. The van der Waals surface area contributed by atoms with Gasteiger partial charge in [-0.3, -0.25) is 4.90 Å². The Balaban J connectivity index is 0. The molecule has 0 bridgehead atoms. The van der Waals surface area contributed by atoms with Gasteiger partial charge in [0.2, 0.25) is 0 Å². The van der Waals surface area contributed by atoms with Crippen molar-refractivity contribution in [2.45, 2.75) is 110 Å². The lowest BCUT2D eigenvalue weighted by Gasteiger charge is -2.17. The van der Waals surface area contributed by atoms with Gasteiger partial charge < -0.3 is 21.1 Å². The predicted molar refractivity (Wildman–Crippen MR) is 126 cm³/mol. The number of nitrogens with two attached hydrogens (primary N) is 1. The van der Waals surface area contributed by atoms with E-state index in [2.05, 4.69) is 6.92 Å². The molecule has 0 saturated carbocycles. The summed E-state index contributed by atoms with van der Waals surface area (Å²) in [6.07, 6.45) is 22.9. The third kappa shape index (κ3) is 30.1. The van der Waals surface area contributed by atoms with Crippen LogP contribution in [-0.4, -0.2) is 66.2 Å². The maximum atomic E-state index is 8.48. The van der Waals surface area contributed by atoms with Crippen LogP contribution < -0.4 is 5.73 Å². The minimum Gasteiger partial charge on any atom is -0.395 e. The van der Waals surface area contributed by atoms with E-state index in [0.29, 0.717) is 19.6 Å². The summed E-state index contributed by atoms with van der Waals surface area (Å²) < 4.78 is 0. The fraction of sp³-hybridized carbons (Fsp3) is 1.00. The molecule has 0 aromatic carbocycles. The van der Waals surface area contributed by atoms with E-state index in [1.165, 1.54) is 103 Å². The molecule has 0 unspecified atom stereocenters. The Hall–Kier alpha value is -0.200. The number of unbranched alkanes of at least 4 members (excludes halogenated alkanes) is 15. The first-order valence-electron chi connectivity index (χ1n) is 12.5. The van der Waals surface area contributed by atoms with Gasteiger partial charge in [-0.15, -0.1) is 0 Å². The molecule has 5 nitrogen and oxygen atoms in total. The van der Waals surface area contributed by atoms with Crippen molar-refractivity contribution in [3.8, 4) is 0 Å². The molecule has 0 atom stereocenters. The van der Waals surface area contributed by atoms with E-state index in [1.54, 1.807) is 4.90 Å². The van der Waals surface area contributed by atoms with Crippen LogP contribution in [0, 0.1) is 0 Å². The van der Waals surface area contributed by atoms with E-state index in [1.807, 2.05) is 0 Å². The molecule has 0 rings (SSSR count). The molecule has 0 amide bonds. The molecule has 0 aliphatic rings. The fourth-order valence-corrected chi connectivity index (χ4v) is 3.45. The number of aliphatic hydroxyl groups is 3. The number of rotatable bonds is 22. The Morgan fingerprint density at radius 1 is 0.483 bits per heavy atom. The summed E-state index contributed by atoms with van der Waals surface area (Å²) in [5.74, 6) is 0. The Morgan fingerprint density at radius 3 is 1.00 bits per heavy atom. The van der Waals surface area contributed by atoms with Gasteiger partial charge in [0.15, 0.2) is 0 Å². The highest BCUT2D eigenvalue weighted by molar-refractivity contribution is 4.54. The van der Waals surface area contributed by atoms with Gasteiger partial charge in [-0.25, -0.2) is 0 Å². The Labute approximate surface area is 182 Å². The molecule has 0 saturated heterocycles. The van der Waals surface area contributed by atoms with Crippen LogP contribution >= 0.6 is 0 Å². The Morgan fingerprint density at radius 2 is 0.759 bits per heavy atom. The van der Waals surface area contributed by atoms with Crippen LogP contribution in [0.1, 0.15) is 110 Å². The zero-order chi connectivity index (χ0) is 21.8. The zero-order valence-electron chi connectivity index (χ0n) is 19.6. The fourth-order valence-electron chi connectivity index (χ4n) is 3.45. The Bertz CT molecular complexity index is 238. The third-order valence-corrected chi connectivity index (χ3v) is 5.31. The van der Waals surface area contributed by atoms with Crippen LogP contribution in [0.5, 0.6) is 0 Å². The average Bonchev–Trinajstić information content (AvgIpc) is 2.72. The smallest absolute Gasteiger partial charge is 0.0558 e. The first-order chi connectivity index (χ1) is 14.3. The average molecular weight is 419 g/mol. The van der Waals surface area contributed by atoms with E-state index in [0.717, 1.165) is 6.54 Å². The summed E-state index contributed by atoms with van der Waals surface area (Å²) in [5.41, 5.74) is 5.48. The molecule has 0 heterocycles. The normalized spacial score (nSPS) is 11.0. The van der Waals surface area contributed by atoms with Gasteiger partial charge in [0.25, 0.3) is 0 Å². The van der Waals surface area contributed by atoms with Crippen molar-refractivity contribution in [3.63, 3.8) is 0 Å². The van der Waals surface area contributed by atoms with Crippen molar-refractivity contribution in [2.24, 2.45) is 5.73 Å². The number of hydrogen-bond donors (Lipinski definition) is 4. The van der Waals surface area contributed by atoms with Crippen molar-refractivity contribution >= 4 is 0 Å². The molecular formula is C24H54N2O3. The molecular weight excluding hydrogens is 364 g/mol. The van der Waals surface area contributed by atoms with Crippen LogP contribution in [0.3, 0.4) is 0 Å². The molecule has 0 aromatic rings. The molecule has 0 fully saturated rings. The SMILES string of the molecule is CCCCCCCCCCCCCCCCCCN.OCCN(CCO)CCO. The van der Waals surface area contributed by atoms with Gasteiger partial charge in [0.05, 0.1) is 19.8 Å². The first-order valence-corrected chi connectivity index (χ1v) is 12.5. The van der Waals surface area contributed by atoms with Crippen LogP contribution in [0.15, 0.2) is 0 Å². The van der Waals surface area contributed by atoms with Crippen molar-refractivity contribution in [1.29, 1.82) is 0 Å². The van der Waals surface area contributed by atoms with E-state index >= 15 is 0 Å². The van der Waals surface area contributed by atoms with E-state index < -0.39 is 0 Å². The predicted octanol–water partition coefficient (Wildman–Crippen LogP) is 4.47. The largest absolute Gasteiger partial charge is 0.395 e. The molecule has 0 spiro atoms. The molecule has 0 aliphatic carbocycles. The van der Waals surface area contributed by atoms with Crippen molar-refractivity contribution in [3.05, 3.63) is 0 Å². The Kier molecular flexibility index (Phi) is 32.1. The van der Waals surface area contributed by atoms with Gasteiger partial charge in [0.1, 0.15) is 0 Å². The summed E-state index contributed by atoms with van der Waals surface area (Å²) in [7, 11) is 0. The summed E-state index contributed by atoms with van der Waals surface area (Å²) in [4.78, 5) is 1.79. The quantitative estimate of drug-likeness (QED) is 0.195. The first kappa shape index (κ1) is 31.0. The van der Waals surface area contributed by atoms with Gasteiger partial charge in [-0.05, 0) is 13.0 Å². The van der Waals surface area contributed by atoms with Gasteiger partial charge >= 0.3 is 0 Å². The highest BCUT2D eigenvalue weighted by Crippen LogP contribution is 2.13. The highest BCUT2D eigenvalue weighted by atomic mass is 16.3. The van der Waals surface area contributed by atoms with Gasteiger partial charge in [0, 0.05) is 19.6 Å². The monoisotopic (exact) mass is 418 g/mol. The molecule has 29 heavy (non-hydrogen) atoms. The third-order valence-electron chi connectivity index (χ3n) is 5.31. The second-order valence-electron chi connectivity index (χ2n) is 8.10. The van der Waals surface area contributed by atoms with Crippen LogP contribution in [-0.2, 0) is 0 Å². The number of hydrogen-bond acceptors (Lipinski definition) is 5. The highest BCUT2D eigenvalue weighted by Gasteiger charge is 2.00. The van der Waals surface area contributed by atoms with Gasteiger partial charge in [-0.2, -0.15) is 0 Å². The van der Waals surface area contributed by atoms with Crippen LogP contribution in [0.2, 0.25) is 0 Å². The minimum atomic E-state index is 0.0694. The topological polar surface area (TPSA) is 90.0 Å². The van der Waals surface area contributed by atoms with Gasteiger partial charge in [-0.1, -0.05) is 103 Å². The lowest BCUT2D eigenvalue weighted by atomic mass is 10.0. The molecule has 0 aromatic heterocycles. The second kappa shape index (κ2) is 30.0. The van der Waals surface area contributed by atoms with Crippen molar-refractivity contribution in [2.75, 3.05) is 46.0 Å².